The molecule has 2 unspecified atom stereocenters. The summed E-state index contributed by atoms with van der Waals surface area (Å²) in [6, 6.07) is 11.0. The van der Waals surface area contributed by atoms with E-state index in [1.807, 2.05) is 18.2 Å². The highest BCUT2D eigenvalue weighted by molar-refractivity contribution is 5.92. The molecule has 134 valence electrons. The van der Waals surface area contributed by atoms with Crippen LogP contribution in [0, 0.1) is 0 Å². The van der Waals surface area contributed by atoms with Crippen molar-refractivity contribution in [2.45, 2.75) is 31.4 Å². The predicted octanol–water partition coefficient (Wildman–Crippen LogP) is 2.81. The van der Waals surface area contributed by atoms with Crippen LogP contribution in [-0.2, 0) is 4.79 Å². The van der Waals surface area contributed by atoms with Crippen molar-refractivity contribution in [1.29, 1.82) is 0 Å². The number of anilines is 1. The normalized spacial score (nSPS) is 18.9. The number of nitrogens with one attached hydrogen (secondary N) is 1. The smallest absolute Gasteiger partial charge is 0.238 e. The Morgan fingerprint density at radius 1 is 1.44 bits per heavy atom. The summed E-state index contributed by atoms with van der Waals surface area (Å²) in [5.41, 5.74) is 0.718. The lowest BCUT2D eigenvalue weighted by Crippen LogP contribution is -2.37. The Labute approximate surface area is 147 Å². The molecule has 0 spiro atoms. The number of likely N-dealkylation sites (tertiary alicyclic amines) is 1. The molecule has 0 aliphatic carbocycles. The summed E-state index contributed by atoms with van der Waals surface area (Å²) in [5, 5.41) is 13.2. The van der Waals surface area contributed by atoms with Crippen molar-refractivity contribution in [3.63, 3.8) is 0 Å². The Balaban J connectivity index is 1.54. The van der Waals surface area contributed by atoms with Gasteiger partial charge in [0.25, 0.3) is 0 Å². The molecule has 0 saturated carbocycles. The molecule has 1 aromatic heterocycles. The van der Waals surface area contributed by atoms with Gasteiger partial charge in [-0.1, -0.05) is 6.07 Å². The van der Waals surface area contributed by atoms with Crippen molar-refractivity contribution >= 4 is 11.6 Å². The van der Waals surface area contributed by atoms with Crippen molar-refractivity contribution in [1.82, 2.24) is 4.90 Å². The van der Waals surface area contributed by atoms with Crippen molar-refractivity contribution in [3.05, 3.63) is 48.4 Å². The van der Waals surface area contributed by atoms with Gasteiger partial charge in [0.2, 0.25) is 5.91 Å². The summed E-state index contributed by atoms with van der Waals surface area (Å²) in [6.07, 6.45) is 3.50. The maximum Gasteiger partial charge on any atom is 0.238 e. The Morgan fingerprint density at radius 3 is 3.08 bits per heavy atom. The molecule has 1 amide bonds. The van der Waals surface area contributed by atoms with Crippen LogP contribution < -0.4 is 10.1 Å². The summed E-state index contributed by atoms with van der Waals surface area (Å²) in [6.45, 7) is 1.17. The molecule has 1 aromatic carbocycles. The lowest BCUT2D eigenvalue weighted by atomic mass is 10.1. The first-order valence-electron chi connectivity index (χ1n) is 8.55. The second-order valence-electron chi connectivity index (χ2n) is 6.31. The third-order valence-corrected chi connectivity index (χ3v) is 4.57. The topological polar surface area (TPSA) is 74.9 Å². The number of methoxy groups -OCH3 is 1. The average molecular weight is 344 g/mol. The first-order chi connectivity index (χ1) is 12.2. The Kier molecular flexibility index (Phi) is 5.73. The summed E-state index contributed by atoms with van der Waals surface area (Å²) >= 11 is 0. The zero-order valence-electron chi connectivity index (χ0n) is 14.4. The van der Waals surface area contributed by atoms with E-state index in [0.29, 0.717) is 24.5 Å². The molecule has 2 N–H and O–H groups in total. The number of carbonyl (C=O) groups excluding carboxylic acids is 1. The minimum Gasteiger partial charge on any atom is -0.497 e. The standard InChI is InChI=1S/C19H24N2O4/c1-24-16-7-2-5-14(11-16)20-19(23)13-21-9-3-6-15(21)12-17(22)18-8-4-10-25-18/h2,4-5,7-8,10-11,15,17,22H,3,6,9,12-13H2,1H3,(H,20,23). The number of amides is 1. The minimum absolute atomic E-state index is 0.0624. The highest BCUT2D eigenvalue weighted by Gasteiger charge is 2.29. The van der Waals surface area contributed by atoms with E-state index < -0.39 is 6.10 Å². The van der Waals surface area contributed by atoms with Gasteiger partial charge in [0.05, 0.1) is 19.9 Å². The molecule has 1 saturated heterocycles. The fourth-order valence-corrected chi connectivity index (χ4v) is 3.31. The van der Waals surface area contributed by atoms with Crippen LogP contribution in [0.1, 0.15) is 31.1 Å². The molecule has 25 heavy (non-hydrogen) atoms. The lowest BCUT2D eigenvalue weighted by molar-refractivity contribution is -0.117. The molecule has 6 nitrogen and oxygen atoms in total. The molecule has 2 aromatic rings. The van der Waals surface area contributed by atoms with E-state index in [4.69, 9.17) is 9.15 Å². The van der Waals surface area contributed by atoms with Crippen molar-refractivity contribution < 1.29 is 19.1 Å². The van der Waals surface area contributed by atoms with E-state index in [9.17, 15) is 9.90 Å². The second-order valence-corrected chi connectivity index (χ2v) is 6.31. The Bertz CT molecular complexity index is 686. The molecule has 2 atom stereocenters. The predicted molar refractivity (Wildman–Crippen MR) is 94.5 cm³/mol. The highest BCUT2D eigenvalue weighted by atomic mass is 16.5. The number of aliphatic hydroxyl groups excluding tert-OH is 1. The number of hydrogen-bond acceptors (Lipinski definition) is 5. The van der Waals surface area contributed by atoms with Crippen LogP contribution in [0.5, 0.6) is 5.75 Å². The van der Waals surface area contributed by atoms with E-state index in [1.54, 1.807) is 31.6 Å². The average Bonchev–Trinajstić information content (AvgIpc) is 3.27. The summed E-state index contributed by atoms with van der Waals surface area (Å²) in [7, 11) is 1.60. The summed E-state index contributed by atoms with van der Waals surface area (Å²) < 4.78 is 10.4. The molecule has 6 heteroatoms. The third kappa shape index (κ3) is 4.61. The monoisotopic (exact) mass is 344 g/mol. The maximum atomic E-state index is 12.4. The number of rotatable bonds is 7. The SMILES string of the molecule is COc1cccc(NC(=O)CN2CCCC2CC(O)c2ccco2)c1. The molecular weight excluding hydrogens is 320 g/mol. The fraction of sp³-hybridized carbons (Fsp3) is 0.421. The van der Waals surface area contributed by atoms with Gasteiger partial charge < -0.3 is 19.6 Å². The van der Waals surface area contributed by atoms with Crippen LogP contribution >= 0.6 is 0 Å². The minimum atomic E-state index is -0.637. The van der Waals surface area contributed by atoms with E-state index in [2.05, 4.69) is 10.2 Å². The lowest BCUT2D eigenvalue weighted by Gasteiger charge is -2.25. The van der Waals surface area contributed by atoms with Crippen molar-refractivity contribution in [2.24, 2.45) is 0 Å². The van der Waals surface area contributed by atoms with Crippen LogP contribution in [0.3, 0.4) is 0 Å². The summed E-state index contributed by atoms with van der Waals surface area (Å²) in [5.74, 6) is 1.22. The largest absolute Gasteiger partial charge is 0.497 e. The number of aliphatic hydroxyl groups is 1. The molecule has 0 bridgehead atoms. The van der Waals surface area contributed by atoms with E-state index >= 15 is 0 Å². The molecular formula is C19H24N2O4. The molecule has 3 rings (SSSR count). The number of nitrogens with zero attached hydrogens (tertiary/aromatic N) is 1. The highest BCUT2D eigenvalue weighted by Crippen LogP contribution is 2.27. The van der Waals surface area contributed by atoms with Crippen LogP contribution in [0.4, 0.5) is 5.69 Å². The molecule has 1 aliphatic heterocycles. The number of carbonyl (C=O) groups is 1. The van der Waals surface area contributed by atoms with Crippen molar-refractivity contribution in [3.8, 4) is 5.75 Å². The molecule has 1 aliphatic rings. The second kappa shape index (κ2) is 8.18. The Hall–Kier alpha value is -2.31. The van der Waals surface area contributed by atoms with Crippen LogP contribution in [0.2, 0.25) is 0 Å². The van der Waals surface area contributed by atoms with Gasteiger partial charge in [-0.05, 0) is 50.1 Å². The quantitative estimate of drug-likeness (QED) is 0.808. The van der Waals surface area contributed by atoms with Gasteiger partial charge in [-0.15, -0.1) is 0 Å². The van der Waals surface area contributed by atoms with Gasteiger partial charge in [0.15, 0.2) is 0 Å². The van der Waals surface area contributed by atoms with Crippen LogP contribution in [-0.4, -0.2) is 42.2 Å². The van der Waals surface area contributed by atoms with E-state index in [0.717, 1.165) is 25.1 Å². The first kappa shape index (κ1) is 17.5. The van der Waals surface area contributed by atoms with E-state index in [-0.39, 0.29) is 11.9 Å². The van der Waals surface area contributed by atoms with Crippen molar-refractivity contribution in [2.75, 3.05) is 25.5 Å². The zero-order valence-corrected chi connectivity index (χ0v) is 14.4. The Morgan fingerprint density at radius 2 is 2.32 bits per heavy atom. The zero-order chi connectivity index (χ0) is 17.6. The first-order valence-corrected chi connectivity index (χ1v) is 8.55. The number of benzene rings is 1. The molecule has 1 fully saturated rings. The van der Waals surface area contributed by atoms with Crippen LogP contribution in [0.25, 0.3) is 0 Å². The van der Waals surface area contributed by atoms with Gasteiger partial charge in [-0.25, -0.2) is 0 Å². The van der Waals surface area contributed by atoms with Gasteiger partial charge in [0, 0.05) is 17.8 Å². The number of furan rings is 1. The number of hydrogen-bond donors (Lipinski definition) is 2. The third-order valence-electron chi connectivity index (χ3n) is 4.57. The van der Waals surface area contributed by atoms with Gasteiger partial charge in [0.1, 0.15) is 17.6 Å². The van der Waals surface area contributed by atoms with Gasteiger partial charge in [-0.2, -0.15) is 0 Å². The fourth-order valence-electron chi connectivity index (χ4n) is 3.31. The van der Waals surface area contributed by atoms with E-state index in [1.165, 1.54) is 0 Å². The molecule has 0 radical (unpaired) electrons. The van der Waals surface area contributed by atoms with Gasteiger partial charge in [-0.3, -0.25) is 9.69 Å². The van der Waals surface area contributed by atoms with Gasteiger partial charge >= 0.3 is 0 Å². The number of ether oxygens (including phenoxy) is 1. The maximum absolute atomic E-state index is 12.4. The summed E-state index contributed by atoms with van der Waals surface area (Å²) in [4.78, 5) is 14.5. The molecule has 2 heterocycles. The van der Waals surface area contributed by atoms with Crippen LogP contribution in [0.15, 0.2) is 47.1 Å².